The van der Waals surface area contributed by atoms with Crippen LogP contribution in [0.2, 0.25) is 0 Å². The van der Waals surface area contributed by atoms with Crippen molar-refractivity contribution in [2.24, 2.45) is 4.99 Å². The van der Waals surface area contributed by atoms with Gasteiger partial charge in [0.2, 0.25) is 0 Å². The Morgan fingerprint density at radius 2 is 1.85 bits per heavy atom. The number of halogens is 1. The van der Waals surface area contributed by atoms with E-state index in [1.165, 1.54) is 0 Å². The molecule has 1 N–H and O–H groups in total. The van der Waals surface area contributed by atoms with Crippen molar-refractivity contribution in [1.82, 2.24) is 10.2 Å². The number of sulfone groups is 1. The van der Waals surface area contributed by atoms with Gasteiger partial charge in [-0.15, -0.1) is 24.0 Å². The summed E-state index contributed by atoms with van der Waals surface area (Å²) in [5.41, 5.74) is 2.26. The zero-order valence-electron chi connectivity index (χ0n) is 16.7. The van der Waals surface area contributed by atoms with Crippen molar-refractivity contribution in [2.45, 2.75) is 45.6 Å². The average molecular weight is 509 g/mol. The van der Waals surface area contributed by atoms with Gasteiger partial charge in [-0.2, -0.15) is 0 Å². The van der Waals surface area contributed by atoms with Crippen LogP contribution in [0.15, 0.2) is 29.3 Å². The highest BCUT2D eigenvalue weighted by Gasteiger charge is 2.40. The molecule has 1 aromatic carbocycles. The van der Waals surface area contributed by atoms with Gasteiger partial charge in [-0.25, -0.2) is 13.4 Å². The molecule has 0 atom stereocenters. The summed E-state index contributed by atoms with van der Waals surface area (Å²) in [6, 6.07) is 8.24. The Morgan fingerprint density at radius 1 is 1.22 bits per heavy atom. The number of ether oxygens (including phenoxy) is 1. The van der Waals surface area contributed by atoms with E-state index in [1.807, 2.05) is 18.7 Å². The number of rotatable bonds is 6. The van der Waals surface area contributed by atoms with Gasteiger partial charge >= 0.3 is 0 Å². The summed E-state index contributed by atoms with van der Waals surface area (Å²) in [5.74, 6) is 0.935. The molecule has 0 saturated carbocycles. The van der Waals surface area contributed by atoms with E-state index < -0.39 is 14.6 Å². The van der Waals surface area contributed by atoms with Crippen molar-refractivity contribution >= 4 is 39.8 Å². The first kappa shape index (κ1) is 24.2. The van der Waals surface area contributed by atoms with E-state index in [0.717, 1.165) is 23.6 Å². The van der Waals surface area contributed by atoms with Crippen LogP contribution in [-0.4, -0.2) is 56.0 Å². The average Bonchev–Trinajstić information content (AvgIpc) is 2.60. The zero-order chi connectivity index (χ0) is 19.2. The summed E-state index contributed by atoms with van der Waals surface area (Å²) in [7, 11) is -3.06. The fourth-order valence-electron chi connectivity index (χ4n) is 2.88. The van der Waals surface area contributed by atoms with Gasteiger partial charge in [0.1, 0.15) is 0 Å². The van der Waals surface area contributed by atoms with Crippen LogP contribution in [-0.2, 0) is 27.7 Å². The Morgan fingerprint density at radius 3 is 2.41 bits per heavy atom. The lowest BCUT2D eigenvalue weighted by molar-refractivity contribution is 0.134. The predicted molar refractivity (Wildman–Crippen MR) is 121 cm³/mol. The highest BCUT2D eigenvalue weighted by molar-refractivity contribution is 14.0. The first-order chi connectivity index (χ1) is 12.3. The number of benzene rings is 1. The zero-order valence-corrected chi connectivity index (χ0v) is 19.8. The summed E-state index contributed by atoms with van der Waals surface area (Å²) in [6.45, 7) is 11.1. The predicted octanol–water partition coefficient (Wildman–Crippen LogP) is 2.82. The molecule has 6 nitrogen and oxygen atoms in total. The Labute approximate surface area is 180 Å². The normalized spacial score (nSPS) is 18.7. The van der Waals surface area contributed by atoms with E-state index >= 15 is 0 Å². The van der Waals surface area contributed by atoms with Gasteiger partial charge in [0.05, 0.1) is 23.7 Å². The maximum absolute atomic E-state index is 12.2. The summed E-state index contributed by atoms with van der Waals surface area (Å²) in [6.07, 6.45) is 0. The minimum atomic E-state index is -3.06. The number of hydrogen-bond acceptors (Lipinski definition) is 4. The van der Waals surface area contributed by atoms with Crippen LogP contribution in [0.25, 0.3) is 0 Å². The largest absolute Gasteiger partial charge is 0.377 e. The number of nitrogens with zero attached hydrogens (tertiary/aromatic N) is 2. The van der Waals surface area contributed by atoms with Gasteiger partial charge in [0, 0.05) is 26.2 Å². The molecule has 1 fully saturated rings. The molecule has 0 spiro atoms. The minimum Gasteiger partial charge on any atom is -0.377 e. The third-order valence-electron chi connectivity index (χ3n) is 4.59. The molecule has 0 radical (unpaired) electrons. The number of hydrogen-bond donors (Lipinski definition) is 1. The fourth-order valence-corrected chi connectivity index (χ4v) is 4.24. The maximum atomic E-state index is 12.2. The van der Waals surface area contributed by atoms with Crippen molar-refractivity contribution in [3.8, 4) is 0 Å². The molecular formula is C19H32IN3O3S. The molecule has 8 heteroatoms. The second kappa shape index (κ2) is 10.6. The Balaban J connectivity index is 0.00000364. The molecule has 0 aromatic heterocycles. The Hall–Kier alpha value is -0.870. The van der Waals surface area contributed by atoms with E-state index in [-0.39, 0.29) is 29.7 Å². The summed E-state index contributed by atoms with van der Waals surface area (Å²) in [4.78, 5) is 6.77. The minimum absolute atomic E-state index is 0. The molecule has 1 aliphatic rings. The molecule has 0 unspecified atom stereocenters. The third-order valence-corrected chi connectivity index (χ3v) is 7.12. The van der Waals surface area contributed by atoms with Crippen LogP contribution in [0.4, 0.5) is 0 Å². The SMILES string of the molecule is CCNC(=NCc1ccc(COCC)cc1)N1CCS(=O)(=O)C(C)(C)C1.I. The molecule has 154 valence electrons. The fraction of sp³-hybridized carbons (Fsp3) is 0.632. The smallest absolute Gasteiger partial charge is 0.194 e. The van der Waals surface area contributed by atoms with E-state index in [9.17, 15) is 8.42 Å². The summed E-state index contributed by atoms with van der Waals surface area (Å²) < 4.78 is 29.1. The van der Waals surface area contributed by atoms with Crippen LogP contribution in [0.3, 0.4) is 0 Å². The lowest BCUT2D eigenvalue weighted by Gasteiger charge is -2.39. The van der Waals surface area contributed by atoms with E-state index in [2.05, 4.69) is 29.6 Å². The molecule has 1 aromatic rings. The molecule has 0 aliphatic carbocycles. The van der Waals surface area contributed by atoms with Gasteiger partial charge < -0.3 is 15.0 Å². The number of nitrogens with one attached hydrogen (secondary N) is 1. The topological polar surface area (TPSA) is 71.0 Å². The van der Waals surface area contributed by atoms with Crippen LogP contribution in [0.5, 0.6) is 0 Å². The van der Waals surface area contributed by atoms with Gasteiger partial charge in [-0.05, 0) is 38.8 Å². The molecule has 1 aliphatic heterocycles. The molecule has 0 bridgehead atoms. The van der Waals surface area contributed by atoms with E-state index in [1.54, 1.807) is 13.8 Å². The monoisotopic (exact) mass is 509 g/mol. The first-order valence-electron chi connectivity index (χ1n) is 9.20. The Kier molecular flexibility index (Phi) is 9.50. The van der Waals surface area contributed by atoms with Crippen LogP contribution >= 0.6 is 24.0 Å². The molecule has 1 saturated heterocycles. The number of aliphatic imine (C=N–C) groups is 1. The van der Waals surface area contributed by atoms with E-state index in [4.69, 9.17) is 9.73 Å². The van der Waals surface area contributed by atoms with Gasteiger partial charge in [0.25, 0.3) is 0 Å². The summed E-state index contributed by atoms with van der Waals surface area (Å²) in [5, 5.41) is 3.29. The van der Waals surface area contributed by atoms with Gasteiger partial charge in [0.15, 0.2) is 15.8 Å². The second-order valence-electron chi connectivity index (χ2n) is 7.12. The van der Waals surface area contributed by atoms with Crippen LogP contribution in [0.1, 0.15) is 38.8 Å². The first-order valence-corrected chi connectivity index (χ1v) is 10.9. The van der Waals surface area contributed by atoms with Crippen molar-refractivity contribution in [3.63, 3.8) is 0 Å². The quantitative estimate of drug-likeness (QED) is 0.363. The maximum Gasteiger partial charge on any atom is 0.194 e. The van der Waals surface area contributed by atoms with E-state index in [0.29, 0.717) is 32.8 Å². The lowest BCUT2D eigenvalue weighted by atomic mass is 10.1. The lowest BCUT2D eigenvalue weighted by Crippen LogP contribution is -2.57. The van der Waals surface area contributed by atoms with Crippen molar-refractivity contribution in [3.05, 3.63) is 35.4 Å². The van der Waals surface area contributed by atoms with Crippen molar-refractivity contribution < 1.29 is 13.2 Å². The van der Waals surface area contributed by atoms with Crippen molar-refractivity contribution in [1.29, 1.82) is 0 Å². The molecule has 1 heterocycles. The molecular weight excluding hydrogens is 477 g/mol. The van der Waals surface area contributed by atoms with Crippen LogP contribution < -0.4 is 5.32 Å². The standard InChI is InChI=1S/C19H31N3O3S.HI/c1-5-20-18(22-11-12-26(23,24)19(3,4)15-22)21-13-16-7-9-17(10-8-16)14-25-6-2;/h7-10H,5-6,11-15H2,1-4H3,(H,20,21);1H. The highest BCUT2D eigenvalue weighted by Crippen LogP contribution is 2.23. The van der Waals surface area contributed by atoms with Crippen molar-refractivity contribution in [2.75, 3.05) is 32.0 Å². The highest BCUT2D eigenvalue weighted by atomic mass is 127. The van der Waals surface area contributed by atoms with Crippen LogP contribution in [0, 0.1) is 0 Å². The third kappa shape index (κ3) is 6.60. The van der Waals surface area contributed by atoms with Gasteiger partial charge in [-0.3, -0.25) is 0 Å². The summed E-state index contributed by atoms with van der Waals surface area (Å²) >= 11 is 0. The molecule has 27 heavy (non-hydrogen) atoms. The number of guanidine groups is 1. The second-order valence-corrected chi connectivity index (χ2v) is 9.87. The molecule has 2 rings (SSSR count). The van der Waals surface area contributed by atoms with Gasteiger partial charge in [-0.1, -0.05) is 24.3 Å². The molecule has 0 amide bonds. The Bertz CT molecular complexity index is 718.